The Labute approximate surface area is 77.6 Å². The Morgan fingerprint density at radius 1 is 1.33 bits per heavy atom. The van der Waals surface area contributed by atoms with Gasteiger partial charge in [-0.3, -0.25) is 0 Å². The van der Waals surface area contributed by atoms with Crippen LogP contribution >= 0.6 is 11.6 Å². The summed E-state index contributed by atoms with van der Waals surface area (Å²) in [4.78, 5) is 0. The monoisotopic (exact) mass is 182 g/mol. The molecule has 0 saturated heterocycles. The molecule has 1 aromatic carbocycles. The standard InChI is InChI=1S/C10H11ClO/c1-9(7-11)8-12-10-5-3-2-4-6-10/h2-6H,1,7-8H2. The molecule has 0 unspecified atom stereocenters. The number of hydrogen-bond donors (Lipinski definition) is 0. The minimum absolute atomic E-state index is 0.451. The number of para-hydroxylation sites is 1. The van der Waals surface area contributed by atoms with Gasteiger partial charge < -0.3 is 4.74 Å². The highest BCUT2D eigenvalue weighted by Gasteiger charge is 1.93. The van der Waals surface area contributed by atoms with E-state index in [9.17, 15) is 0 Å². The van der Waals surface area contributed by atoms with Crippen LogP contribution in [-0.4, -0.2) is 12.5 Å². The molecule has 0 bridgehead atoms. The van der Waals surface area contributed by atoms with Gasteiger partial charge in [-0.05, 0) is 17.7 Å². The fourth-order valence-electron chi connectivity index (χ4n) is 0.741. The number of hydrogen-bond acceptors (Lipinski definition) is 1. The van der Waals surface area contributed by atoms with E-state index in [1.807, 2.05) is 30.3 Å². The largest absolute Gasteiger partial charge is 0.489 e. The quantitative estimate of drug-likeness (QED) is 0.514. The smallest absolute Gasteiger partial charge is 0.119 e. The van der Waals surface area contributed by atoms with E-state index >= 15 is 0 Å². The first-order chi connectivity index (χ1) is 5.83. The lowest BCUT2D eigenvalue weighted by atomic mass is 10.3. The maximum atomic E-state index is 5.54. The Bertz CT molecular complexity index is 243. The van der Waals surface area contributed by atoms with Crippen LogP contribution in [0.15, 0.2) is 42.5 Å². The lowest BCUT2D eigenvalue weighted by Crippen LogP contribution is -2.00. The second-order valence-electron chi connectivity index (χ2n) is 2.49. The van der Waals surface area contributed by atoms with Crippen molar-refractivity contribution in [3.63, 3.8) is 0 Å². The van der Waals surface area contributed by atoms with Crippen molar-refractivity contribution in [3.05, 3.63) is 42.5 Å². The van der Waals surface area contributed by atoms with Crippen LogP contribution in [0.2, 0.25) is 0 Å². The minimum Gasteiger partial charge on any atom is -0.489 e. The average molecular weight is 183 g/mol. The second-order valence-corrected chi connectivity index (χ2v) is 2.75. The minimum atomic E-state index is 0.451. The second kappa shape index (κ2) is 4.83. The summed E-state index contributed by atoms with van der Waals surface area (Å²) in [6, 6.07) is 9.61. The predicted molar refractivity (Wildman–Crippen MR) is 51.8 cm³/mol. The number of ether oxygens (including phenoxy) is 1. The van der Waals surface area contributed by atoms with Gasteiger partial charge in [0, 0.05) is 5.88 Å². The van der Waals surface area contributed by atoms with E-state index in [-0.39, 0.29) is 0 Å². The SMILES string of the molecule is C=C(CCl)COc1ccccc1. The van der Waals surface area contributed by atoms with E-state index in [4.69, 9.17) is 16.3 Å². The third-order valence-corrected chi connectivity index (χ3v) is 1.75. The summed E-state index contributed by atoms with van der Waals surface area (Å²) in [5.41, 5.74) is 0.889. The Hall–Kier alpha value is -0.950. The number of halogens is 1. The Balaban J connectivity index is 2.38. The maximum Gasteiger partial charge on any atom is 0.119 e. The summed E-state index contributed by atoms with van der Waals surface area (Å²) in [5, 5.41) is 0. The van der Waals surface area contributed by atoms with E-state index in [1.165, 1.54) is 0 Å². The molecule has 2 heteroatoms. The molecule has 0 spiro atoms. The van der Waals surface area contributed by atoms with E-state index < -0.39 is 0 Å². The van der Waals surface area contributed by atoms with Crippen LogP contribution in [0.1, 0.15) is 0 Å². The molecule has 0 fully saturated rings. The van der Waals surface area contributed by atoms with Gasteiger partial charge in [-0.2, -0.15) is 0 Å². The first kappa shape index (κ1) is 9.14. The van der Waals surface area contributed by atoms with Crippen molar-refractivity contribution in [3.8, 4) is 5.75 Å². The molecule has 0 aromatic heterocycles. The van der Waals surface area contributed by atoms with Gasteiger partial charge in [0.25, 0.3) is 0 Å². The van der Waals surface area contributed by atoms with Gasteiger partial charge in [0.2, 0.25) is 0 Å². The molecule has 0 aliphatic heterocycles. The third-order valence-electron chi connectivity index (χ3n) is 1.38. The Morgan fingerprint density at radius 3 is 2.58 bits per heavy atom. The number of benzene rings is 1. The van der Waals surface area contributed by atoms with Gasteiger partial charge in [-0.15, -0.1) is 11.6 Å². The van der Waals surface area contributed by atoms with Crippen molar-refractivity contribution in [2.24, 2.45) is 0 Å². The van der Waals surface area contributed by atoms with Crippen LogP contribution in [0.25, 0.3) is 0 Å². The molecule has 1 aromatic rings. The summed E-state index contributed by atoms with van der Waals surface area (Å²) in [7, 11) is 0. The molecule has 64 valence electrons. The van der Waals surface area contributed by atoms with Crippen LogP contribution in [-0.2, 0) is 0 Å². The summed E-state index contributed by atoms with van der Waals surface area (Å²) < 4.78 is 5.37. The number of alkyl halides is 1. The maximum absolute atomic E-state index is 5.54. The normalized spacial score (nSPS) is 9.42. The number of rotatable bonds is 4. The molecule has 0 aliphatic carbocycles. The molecular weight excluding hydrogens is 172 g/mol. The molecule has 0 radical (unpaired) electrons. The van der Waals surface area contributed by atoms with Gasteiger partial charge >= 0.3 is 0 Å². The molecule has 12 heavy (non-hydrogen) atoms. The lowest BCUT2D eigenvalue weighted by molar-refractivity contribution is 0.353. The third kappa shape index (κ3) is 2.97. The van der Waals surface area contributed by atoms with Crippen LogP contribution in [0.4, 0.5) is 0 Å². The highest BCUT2D eigenvalue weighted by atomic mass is 35.5. The summed E-state index contributed by atoms with van der Waals surface area (Å²) in [6.45, 7) is 4.22. The summed E-state index contributed by atoms with van der Waals surface area (Å²) >= 11 is 5.54. The first-order valence-corrected chi connectivity index (χ1v) is 4.27. The Kier molecular flexibility index (Phi) is 3.68. The van der Waals surface area contributed by atoms with E-state index in [1.54, 1.807) is 0 Å². The van der Waals surface area contributed by atoms with Crippen molar-refractivity contribution >= 4 is 11.6 Å². The van der Waals surface area contributed by atoms with Crippen LogP contribution in [0.5, 0.6) is 5.75 Å². The van der Waals surface area contributed by atoms with Crippen molar-refractivity contribution < 1.29 is 4.74 Å². The van der Waals surface area contributed by atoms with E-state index in [2.05, 4.69) is 6.58 Å². The first-order valence-electron chi connectivity index (χ1n) is 3.73. The predicted octanol–water partition coefficient (Wildman–Crippen LogP) is 2.86. The molecule has 0 saturated carbocycles. The topological polar surface area (TPSA) is 9.23 Å². The van der Waals surface area contributed by atoms with Crippen LogP contribution in [0.3, 0.4) is 0 Å². The van der Waals surface area contributed by atoms with Crippen LogP contribution in [0, 0.1) is 0 Å². The average Bonchev–Trinajstić information content (AvgIpc) is 2.16. The lowest BCUT2D eigenvalue weighted by Gasteiger charge is -2.05. The molecule has 0 amide bonds. The van der Waals surface area contributed by atoms with Gasteiger partial charge in [0.05, 0.1) is 0 Å². The molecule has 1 rings (SSSR count). The molecule has 0 N–H and O–H groups in total. The van der Waals surface area contributed by atoms with Crippen molar-refractivity contribution in [2.75, 3.05) is 12.5 Å². The molecular formula is C10H11ClO. The fourth-order valence-corrected chi connectivity index (χ4v) is 0.818. The van der Waals surface area contributed by atoms with Crippen molar-refractivity contribution in [1.29, 1.82) is 0 Å². The zero-order valence-corrected chi connectivity index (χ0v) is 7.55. The summed E-state index contributed by atoms with van der Waals surface area (Å²) in [5.74, 6) is 1.30. The summed E-state index contributed by atoms with van der Waals surface area (Å²) in [6.07, 6.45) is 0. The zero-order chi connectivity index (χ0) is 8.81. The van der Waals surface area contributed by atoms with Gasteiger partial charge in [-0.1, -0.05) is 24.8 Å². The molecule has 1 nitrogen and oxygen atoms in total. The van der Waals surface area contributed by atoms with Gasteiger partial charge in [0.1, 0.15) is 12.4 Å². The van der Waals surface area contributed by atoms with Gasteiger partial charge in [-0.25, -0.2) is 0 Å². The Morgan fingerprint density at radius 2 is 2.00 bits per heavy atom. The van der Waals surface area contributed by atoms with E-state index in [0.29, 0.717) is 12.5 Å². The van der Waals surface area contributed by atoms with Gasteiger partial charge in [0.15, 0.2) is 0 Å². The molecule has 0 aliphatic rings. The highest BCUT2D eigenvalue weighted by molar-refractivity contribution is 6.19. The molecule has 0 atom stereocenters. The van der Waals surface area contributed by atoms with Crippen molar-refractivity contribution in [1.82, 2.24) is 0 Å². The van der Waals surface area contributed by atoms with E-state index in [0.717, 1.165) is 11.3 Å². The fraction of sp³-hybridized carbons (Fsp3) is 0.200. The molecule has 0 heterocycles. The zero-order valence-electron chi connectivity index (χ0n) is 6.79. The van der Waals surface area contributed by atoms with Crippen LogP contribution < -0.4 is 4.74 Å². The van der Waals surface area contributed by atoms with Crippen molar-refractivity contribution in [2.45, 2.75) is 0 Å². The highest BCUT2D eigenvalue weighted by Crippen LogP contribution is 2.09.